The number of carboxylic acids is 2. The minimum Gasteiger partial charge on any atom is -0.481 e. The number of carboxylic acid groups (broad SMARTS) is 2. The fourth-order valence-corrected chi connectivity index (χ4v) is 2.35. The van der Waals surface area contributed by atoms with E-state index in [1.165, 1.54) is 6.92 Å². The average molecular weight is 420 g/mol. The van der Waals surface area contributed by atoms with Gasteiger partial charge in [-0.2, -0.15) is 12.6 Å². The van der Waals surface area contributed by atoms with Crippen molar-refractivity contribution in [2.45, 2.75) is 57.8 Å². The number of hydrogen-bond acceptors (Lipinski definition) is 7. The van der Waals surface area contributed by atoms with Crippen LogP contribution in [0.2, 0.25) is 0 Å². The van der Waals surface area contributed by atoms with E-state index < -0.39 is 60.2 Å². The molecule has 5 atom stereocenters. The maximum absolute atomic E-state index is 12.3. The summed E-state index contributed by atoms with van der Waals surface area (Å²) in [6, 6.07) is -4.69. The van der Waals surface area contributed by atoms with Gasteiger partial charge in [-0.25, -0.2) is 4.79 Å². The van der Waals surface area contributed by atoms with Gasteiger partial charge >= 0.3 is 11.9 Å². The summed E-state index contributed by atoms with van der Waals surface area (Å²) in [5.41, 5.74) is 5.41. The van der Waals surface area contributed by atoms with Crippen molar-refractivity contribution < 1.29 is 34.2 Å². The molecule has 0 bridgehead atoms. The van der Waals surface area contributed by atoms with Crippen LogP contribution in [0, 0.1) is 5.92 Å². The highest BCUT2D eigenvalue weighted by atomic mass is 32.1. The van der Waals surface area contributed by atoms with Gasteiger partial charge in [0.15, 0.2) is 0 Å². The molecular formula is C16H28N4O7S. The van der Waals surface area contributed by atoms with E-state index in [0.717, 1.165) is 0 Å². The Morgan fingerprint density at radius 3 is 1.96 bits per heavy atom. The topological polar surface area (TPSA) is 188 Å². The summed E-state index contributed by atoms with van der Waals surface area (Å²) in [5.74, 6) is -5.19. The standard InChI is InChI=1S/C16H28N4O7S/c1-4-7(2)12(16(26)27)20-15(25)10(6-28)19-13(23)8(3)18-14(24)9(17)5-11(21)22/h7-10,12,28H,4-6,17H2,1-3H3,(H,18,24)(H,19,23)(H,20,25)(H,21,22)(H,26,27). The highest BCUT2D eigenvalue weighted by molar-refractivity contribution is 7.80. The van der Waals surface area contributed by atoms with Crippen LogP contribution < -0.4 is 21.7 Å². The van der Waals surface area contributed by atoms with Crippen LogP contribution in [-0.4, -0.2) is 69.8 Å². The molecule has 0 saturated carbocycles. The number of rotatable bonds is 12. The second-order valence-electron chi connectivity index (χ2n) is 6.39. The first-order valence-electron chi connectivity index (χ1n) is 8.66. The van der Waals surface area contributed by atoms with Gasteiger partial charge in [0.25, 0.3) is 0 Å². The van der Waals surface area contributed by atoms with E-state index >= 15 is 0 Å². The first-order valence-corrected chi connectivity index (χ1v) is 9.29. The molecule has 5 unspecified atom stereocenters. The summed E-state index contributed by atoms with van der Waals surface area (Å²) in [7, 11) is 0. The SMILES string of the molecule is CCC(C)C(NC(=O)C(CS)NC(=O)C(C)NC(=O)C(N)CC(=O)O)C(=O)O. The van der Waals surface area contributed by atoms with Gasteiger partial charge in [0.1, 0.15) is 18.1 Å². The van der Waals surface area contributed by atoms with E-state index in [4.69, 9.17) is 10.8 Å². The number of nitrogens with two attached hydrogens (primary N) is 1. The Kier molecular flexibility index (Phi) is 11.2. The maximum Gasteiger partial charge on any atom is 0.326 e. The number of hydrogen-bond donors (Lipinski definition) is 7. The molecule has 0 aliphatic carbocycles. The number of aliphatic carboxylic acids is 2. The molecule has 0 aromatic heterocycles. The zero-order chi connectivity index (χ0) is 22.0. The van der Waals surface area contributed by atoms with Crippen molar-refractivity contribution in [3.8, 4) is 0 Å². The van der Waals surface area contributed by atoms with Crippen molar-refractivity contribution in [2.75, 3.05) is 5.75 Å². The molecule has 3 amide bonds. The Balaban J connectivity index is 4.88. The van der Waals surface area contributed by atoms with E-state index in [9.17, 15) is 29.1 Å². The smallest absolute Gasteiger partial charge is 0.326 e. The number of carbonyl (C=O) groups excluding carboxylic acids is 3. The first-order chi connectivity index (χ1) is 12.9. The monoisotopic (exact) mass is 420 g/mol. The second kappa shape index (κ2) is 12.2. The third-order valence-electron chi connectivity index (χ3n) is 4.08. The molecule has 0 radical (unpaired) electrons. The van der Waals surface area contributed by atoms with E-state index in [1.54, 1.807) is 13.8 Å². The highest BCUT2D eigenvalue weighted by Crippen LogP contribution is 2.08. The molecule has 160 valence electrons. The minimum absolute atomic E-state index is 0.108. The lowest BCUT2D eigenvalue weighted by Gasteiger charge is -2.24. The van der Waals surface area contributed by atoms with Crippen LogP contribution in [0.15, 0.2) is 0 Å². The van der Waals surface area contributed by atoms with E-state index in [-0.39, 0.29) is 11.7 Å². The average Bonchev–Trinajstić information content (AvgIpc) is 2.61. The van der Waals surface area contributed by atoms with Crippen LogP contribution in [0.3, 0.4) is 0 Å². The predicted molar refractivity (Wildman–Crippen MR) is 103 cm³/mol. The number of carbonyl (C=O) groups is 5. The van der Waals surface area contributed by atoms with Gasteiger partial charge in [0.05, 0.1) is 12.5 Å². The highest BCUT2D eigenvalue weighted by Gasteiger charge is 2.30. The lowest BCUT2D eigenvalue weighted by molar-refractivity contribution is -0.143. The number of nitrogens with one attached hydrogen (secondary N) is 3. The molecule has 0 aromatic carbocycles. The van der Waals surface area contributed by atoms with Crippen LogP contribution in [0.1, 0.15) is 33.6 Å². The largest absolute Gasteiger partial charge is 0.481 e. The molecule has 7 N–H and O–H groups in total. The van der Waals surface area contributed by atoms with Crippen molar-refractivity contribution >= 4 is 42.3 Å². The van der Waals surface area contributed by atoms with Gasteiger partial charge < -0.3 is 31.9 Å². The fourth-order valence-electron chi connectivity index (χ4n) is 2.09. The van der Waals surface area contributed by atoms with Crippen molar-refractivity contribution in [1.29, 1.82) is 0 Å². The van der Waals surface area contributed by atoms with Crippen molar-refractivity contribution in [3.05, 3.63) is 0 Å². The second-order valence-corrected chi connectivity index (χ2v) is 6.75. The van der Waals surface area contributed by atoms with E-state index in [2.05, 4.69) is 28.6 Å². The van der Waals surface area contributed by atoms with E-state index in [0.29, 0.717) is 6.42 Å². The van der Waals surface area contributed by atoms with Crippen molar-refractivity contribution in [3.63, 3.8) is 0 Å². The molecule has 0 aliphatic heterocycles. The lowest BCUT2D eigenvalue weighted by Crippen LogP contribution is -2.57. The number of amides is 3. The van der Waals surface area contributed by atoms with Gasteiger partial charge in [0.2, 0.25) is 17.7 Å². The normalized spacial score (nSPS) is 16.0. The Morgan fingerprint density at radius 2 is 1.54 bits per heavy atom. The summed E-state index contributed by atoms with van der Waals surface area (Å²) in [6.07, 6.45) is -0.0805. The molecular weight excluding hydrogens is 392 g/mol. The quantitative estimate of drug-likeness (QED) is 0.182. The molecule has 0 rings (SSSR count). The number of thiol groups is 1. The Morgan fingerprint density at radius 1 is 0.964 bits per heavy atom. The molecule has 28 heavy (non-hydrogen) atoms. The van der Waals surface area contributed by atoms with Crippen LogP contribution >= 0.6 is 12.6 Å². The Bertz CT molecular complexity index is 602. The predicted octanol–water partition coefficient (Wildman–Crippen LogP) is -1.68. The summed E-state index contributed by atoms with van der Waals surface area (Å²) in [5, 5.41) is 24.8. The van der Waals surface area contributed by atoms with Gasteiger partial charge in [0, 0.05) is 5.75 Å². The van der Waals surface area contributed by atoms with Crippen LogP contribution in [-0.2, 0) is 24.0 Å². The summed E-state index contributed by atoms with van der Waals surface area (Å²) >= 11 is 3.99. The molecule has 0 aromatic rings. The molecule has 0 fully saturated rings. The summed E-state index contributed by atoms with van der Waals surface area (Å²) in [4.78, 5) is 58.2. The Hall–Kier alpha value is -2.34. The molecule has 0 aliphatic rings. The Labute approximate surface area is 168 Å². The fraction of sp³-hybridized carbons (Fsp3) is 0.688. The van der Waals surface area contributed by atoms with Crippen LogP contribution in [0.4, 0.5) is 0 Å². The molecule has 11 nitrogen and oxygen atoms in total. The van der Waals surface area contributed by atoms with Crippen LogP contribution in [0.25, 0.3) is 0 Å². The van der Waals surface area contributed by atoms with Gasteiger partial charge in [-0.15, -0.1) is 0 Å². The lowest BCUT2D eigenvalue weighted by atomic mass is 9.99. The first kappa shape index (κ1) is 25.7. The van der Waals surface area contributed by atoms with Gasteiger partial charge in [-0.05, 0) is 12.8 Å². The van der Waals surface area contributed by atoms with Crippen molar-refractivity contribution in [2.24, 2.45) is 11.7 Å². The zero-order valence-corrected chi connectivity index (χ0v) is 16.9. The maximum atomic E-state index is 12.3. The third-order valence-corrected chi connectivity index (χ3v) is 4.44. The minimum atomic E-state index is -1.33. The molecule has 0 spiro atoms. The zero-order valence-electron chi connectivity index (χ0n) is 16.0. The summed E-state index contributed by atoms with van der Waals surface area (Å²) in [6.45, 7) is 4.78. The van der Waals surface area contributed by atoms with Crippen LogP contribution in [0.5, 0.6) is 0 Å². The molecule has 0 saturated heterocycles. The molecule has 0 heterocycles. The summed E-state index contributed by atoms with van der Waals surface area (Å²) < 4.78 is 0. The molecule has 12 heteroatoms. The van der Waals surface area contributed by atoms with E-state index in [1.807, 2.05) is 0 Å². The third kappa shape index (κ3) is 8.57. The van der Waals surface area contributed by atoms with Gasteiger partial charge in [-0.3, -0.25) is 19.2 Å². The van der Waals surface area contributed by atoms with Crippen molar-refractivity contribution in [1.82, 2.24) is 16.0 Å². The van der Waals surface area contributed by atoms with Gasteiger partial charge in [-0.1, -0.05) is 20.3 Å².